The number of fused-ring (bicyclic) bond motifs is 1. The van der Waals surface area contributed by atoms with Crippen LogP contribution in [0.1, 0.15) is 11.8 Å². The van der Waals surface area contributed by atoms with Crippen molar-refractivity contribution in [3.05, 3.63) is 45.8 Å². The van der Waals surface area contributed by atoms with Crippen molar-refractivity contribution in [1.29, 1.82) is 0 Å². The van der Waals surface area contributed by atoms with Gasteiger partial charge in [-0.15, -0.1) is 15.6 Å². The van der Waals surface area contributed by atoms with Gasteiger partial charge >= 0.3 is 0 Å². The number of hydrogen-bond donors (Lipinski definition) is 1. The van der Waals surface area contributed by atoms with E-state index in [2.05, 4.69) is 15.2 Å². The molecule has 8 nitrogen and oxygen atoms in total. The second-order valence-electron chi connectivity index (χ2n) is 8.47. The molecule has 0 amide bonds. The van der Waals surface area contributed by atoms with Crippen molar-refractivity contribution in [2.45, 2.75) is 19.5 Å². The Morgan fingerprint density at radius 1 is 1.30 bits per heavy atom. The summed E-state index contributed by atoms with van der Waals surface area (Å²) in [6.45, 7) is 6.78. The number of methoxy groups -OCH3 is 1. The first-order valence-electron chi connectivity index (χ1n) is 11.0. The predicted molar refractivity (Wildman–Crippen MR) is 136 cm³/mol. The van der Waals surface area contributed by atoms with Gasteiger partial charge in [0.1, 0.15) is 12.1 Å². The smallest absolute Gasteiger partial charge is 0.259 e. The van der Waals surface area contributed by atoms with E-state index in [1.54, 1.807) is 42.5 Å². The molecule has 0 spiro atoms. The monoisotopic (exact) mass is 489 g/mol. The van der Waals surface area contributed by atoms with E-state index in [-0.39, 0.29) is 11.6 Å². The molecule has 1 fully saturated rings. The first-order valence-corrected chi connectivity index (χ1v) is 13.3. The Balaban J connectivity index is 1.62. The molecule has 1 saturated heterocycles. The Morgan fingerprint density at radius 3 is 2.76 bits per heavy atom. The fraction of sp³-hybridized carbons (Fsp3) is 0.478. The third-order valence-corrected chi connectivity index (χ3v) is 8.10. The number of rotatable bonds is 8. The van der Waals surface area contributed by atoms with Crippen LogP contribution >= 0.6 is 11.3 Å². The molecule has 4 heterocycles. The Kier molecular flexibility index (Phi) is 7.72. The van der Waals surface area contributed by atoms with Crippen LogP contribution in [0.4, 0.5) is 5.82 Å². The fourth-order valence-electron chi connectivity index (χ4n) is 4.17. The van der Waals surface area contributed by atoms with Gasteiger partial charge in [0.15, 0.2) is 0 Å². The zero-order valence-corrected chi connectivity index (χ0v) is 21.2. The topological polar surface area (TPSA) is 85.7 Å². The number of aryl methyl sites for hydroxylation is 1. The molecule has 3 aromatic rings. The van der Waals surface area contributed by atoms with Crippen molar-refractivity contribution in [3.8, 4) is 11.1 Å². The summed E-state index contributed by atoms with van der Waals surface area (Å²) in [5.41, 5.74) is 2.06. The van der Waals surface area contributed by atoms with E-state index in [1.807, 2.05) is 35.6 Å². The molecular formula is C23H31N5O3S2. The highest BCUT2D eigenvalue weighted by Crippen LogP contribution is 2.34. The van der Waals surface area contributed by atoms with Gasteiger partial charge in [-0.25, -0.2) is 4.98 Å². The second-order valence-corrected chi connectivity index (χ2v) is 11.0. The van der Waals surface area contributed by atoms with Crippen LogP contribution in [0.2, 0.25) is 0 Å². The molecule has 10 heteroatoms. The van der Waals surface area contributed by atoms with E-state index < -0.39 is 11.4 Å². The molecule has 0 aromatic carbocycles. The van der Waals surface area contributed by atoms with Crippen molar-refractivity contribution < 1.29 is 9.29 Å². The van der Waals surface area contributed by atoms with Crippen LogP contribution < -0.4 is 10.9 Å². The summed E-state index contributed by atoms with van der Waals surface area (Å²) in [5.74, 6) is 0.780. The Labute approximate surface area is 201 Å². The zero-order valence-electron chi connectivity index (χ0n) is 19.5. The average molecular weight is 490 g/mol. The summed E-state index contributed by atoms with van der Waals surface area (Å²) in [5, 5.41) is 4.12. The third-order valence-electron chi connectivity index (χ3n) is 5.86. The van der Waals surface area contributed by atoms with Crippen molar-refractivity contribution >= 4 is 38.6 Å². The van der Waals surface area contributed by atoms with Gasteiger partial charge in [0.25, 0.3) is 5.56 Å². The highest BCUT2D eigenvalue weighted by Gasteiger charge is 2.23. The van der Waals surface area contributed by atoms with Crippen molar-refractivity contribution in [2.24, 2.45) is 7.05 Å². The molecule has 0 saturated carbocycles. The molecule has 178 valence electrons. The minimum absolute atomic E-state index is 0.0172. The molecule has 3 aromatic heterocycles. The summed E-state index contributed by atoms with van der Waals surface area (Å²) < 4.78 is 21.6. The quantitative estimate of drug-likeness (QED) is 0.487. The van der Waals surface area contributed by atoms with E-state index in [9.17, 15) is 9.35 Å². The lowest BCUT2D eigenvalue weighted by Crippen LogP contribution is -2.47. The maximum absolute atomic E-state index is 12.9. The normalized spacial score (nSPS) is 17.4. The average Bonchev–Trinajstić information content (AvgIpc) is 3.21. The number of ether oxygens (including phenoxy) is 1. The van der Waals surface area contributed by atoms with Crippen molar-refractivity contribution in [1.82, 2.24) is 18.8 Å². The Hall–Kier alpha value is -1.95. The van der Waals surface area contributed by atoms with Crippen LogP contribution in [-0.4, -0.2) is 75.5 Å². The van der Waals surface area contributed by atoms with E-state index >= 15 is 0 Å². The van der Waals surface area contributed by atoms with Gasteiger partial charge in [-0.1, -0.05) is 0 Å². The number of piperazine rings is 1. The second kappa shape index (κ2) is 10.5. The first-order chi connectivity index (χ1) is 15.9. The summed E-state index contributed by atoms with van der Waals surface area (Å²) in [4.78, 5) is 20.9. The van der Waals surface area contributed by atoms with Gasteiger partial charge in [-0.2, -0.15) is 0 Å². The number of nitrogens with one attached hydrogen (secondary N) is 1. The number of nitrogens with zero attached hydrogens (tertiary/aromatic N) is 4. The zero-order chi connectivity index (χ0) is 23.5. The molecule has 0 radical (unpaired) electrons. The van der Waals surface area contributed by atoms with Gasteiger partial charge in [0.2, 0.25) is 0 Å². The van der Waals surface area contributed by atoms with Crippen LogP contribution in [0, 0.1) is 0 Å². The van der Waals surface area contributed by atoms with Crippen LogP contribution in [0.25, 0.3) is 21.2 Å². The summed E-state index contributed by atoms with van der Waals surface area (Å²) in [6, 6.07) is 6.18. The van der Waals surface area contributed by atoms with Crippen molar-refractivity contribution in [3.63, 3.8) is 0 Å². The minimum atomic E-state index is -0.915. The molecule has 0 bridgehead atoms. The van der Waals surface area contributed by atoms with E-state index in [0.717, 1.165) is 59.8 Å². The van der Waals surface area contributed by atoms with Gasteiger partial charge < -0.3 is 19.2 Å². The molecule has 0 aliphatic carbocycles. The summed E-state index contributed by atoms with van der Waals surface area (Å²) in [7, 11) is 3.48. The Bertz CT molecular complexity index is 1150. The molecule has 2 unspecified atom stereocenters. The summed E-state index contributed by atoms with van der Waals surface area (Å²) in [6.07, 6.45) is 5.44. The fourth-order valence-corrected chi connectivity index (χ4v) is 6.07. The van der Waals surface area contributed by atoms with Crippen LogP contribution in [0.5, 0.6) is 0 Å². The van der Waals surface area contributed by atoms with Crippen LogP contribution in [0.3, 0.4) is 0 Å². The van der Waals surface area contributed by atoms with E-state index in [4.69, 9.17) is 4.74 Å². The number of pyridine rings is 2. The minimum Gasteiger partial charge on any atom is -0.598 e. The number of hydrogen-bond acceptors (Lipinski definition) is 8. The van der Waals surface area contributed by atoms with Crippen LogP contribution in [-0.2, 0) is 29.7 Å². The van der Waals surface area contributed by atoms with Crippen molar-refractivity contribution in [2.75, 3.05) is 51.5 Å². The number of thiophene rings is 1. The van der Waals surface area contributed by atoms with Crippen LogP contribution in [0.15, 0.2) is 35.4 Å². The number of anilines is 1. The molecule has 2 atom stereocenters. The third kappa shape index (κ3) is 5.59. The SMILES string of the molecule is COCC(C)Nc1cc(-c2cn(C)c(=O)c3cc(CN4CCN([S+](C)[O-])CC4)sc23)ccn1. The maximum Gasteiger partial charge on any atom is 0.259 e. The predicted octanol–water partition coefficient (Wildman–Crippen LogP) is 2.52. The van der Waals surface area contributed by atoms with E-state index in [0.29, 0.717) is 6.61 Å². The van der Waals surface area contributed by atoms with Gasteiger partial charge in [0, 0.05) is 78.7 Å². The number of aromatic nitrogens is 2. The van der Waals surface area contributed by atoms with Gasteiger partial charge in [0.05, 0.1) is 25.1 Å². The maximum atomic E-state index is 12.9. The lowest BCUT2D eigenvalue weighted by Gasteiger charge is -2.32. The molecule has 1 aliphatic heterocycles. The highest BCUT2D eigenvalue weighted by molar-refractivity contribution is 7.88. The Morgan fingerprint density at radius 2 is 2.06 bits per heavy atom. The lowest BCUT2D eigenvalue weighted by molar-refractivity contribution is 0.183. The molecular weight excluding hydrogens is 458 g/mol. The highest BCUT2D eigenvalue weighted by atomic mass is 32.2. The first kappa shape index (κ1) is 24.2. The largest absolute Gasteiger partial charge is 0.598 e. The molecule has 1 aliphatic rings. The molecule has 33 heavy (non-hydrogen) atoms. The standard InChI is InChI=1S/C23H31N5O3S2/c1-16(15-31-3)25-21-11-17(5-6-24-21)20-14-26(2)23(29)19-12-18(32-22(19)20)13-27-7-9-28(10-8-27)33(4)30/h5-6,11-12,14,16H,7-10,13,15H2,1-4H3,(H,24,25). The van der Waals surface area contributed by atoms with Gasteiger partial charge in [-0.3, -0.25) is 9.69 Å². The van der Waals surface area contributed by atoms with Gasteiger partial charge in [-0.05, 0) is 30.7 Å². The lowest BCUT2D eigenvalue weighted by atomic mass is 10.1. The molecule has 4 rings (SSSR count). The molecule has 1 N–H and O–H groups in total. The summed E-state index contributed by atoms with van der Waals surface area (Å²) >= 11 is 0.766. The van der Waals surface area contributed by atoms with E-state index in [1.165, 1.54) is 4.88 Å².